The molecular weight excluding hydrogens is 396 g/mol. The van der Waals surface area contributed by atoms with Crippen LogP contribution in [0.5, 0.6) is 11.5 Å². The molecule has 8 heteroatoms. The molecule has 0 saturated carbocycles. The second-order valence-corrected chi connectivity index (χ2v) is 9.22. The van der Waals surface area contributed by atoms with E-state index in [0.717, 1.165) is 33.0 Å². The molecule has 0 aliphatic rings. The third kappa shape index (κ3) is 3.98. The lowest BCUT2D eigenvalue weighted by molar-refractivity contribution is 0.402. The molecule has 3 aromatic rings. The SMILES string of the molecule is COc1ccc(-c2nc(NS(=O)(=O)c3cc(C)ccc3OC)sc2C)cc1C. The molecule has 0 spiro atoms. The molecule has 0 aliphatic carbocycles. The summed E-state index contributed by atoms with van der Waals surface area (Å²) in [6.45, 7) is 5.70. The first kappa shape index (κ1) is 20.2. The predicted molar refractivity (Wildman–Crippen MR) is 112 cm³/mol. The first-order valence-electron chi connectivity index (χ1n) is 8.55. The van der Waals surface area contributed by atoms with E-state index < -0.39 is 10.0 Å². The van der Waals surface area contributed by atoms with Crippen LogP contribution in [0, 0.1) is 20.8 Å². The quantitative estimate of drug-likeness (QED) is 0.635. The monoisotopic (exact) mass is 418 g/mol. The van der Waals surface area contributed by atoms with Crippen LogP contribution in [0.1, 0.15) is 16.0 Å². The topological polar surface area (TPSA) is 77.5 Å². The van der Waals surface area contributed by atoms with Crippen LogP contribution in [0.4, 0.5) is 5.13 Å². The summed E-state index contributed by atoms with van der Waals surface area (Å²) in [5.41, 5.74) is 3.46. The number of hydrogen-bond donors (Lipinski definition) is 1. The van der Waals surface area contributed by atoms with Gasteiger partial charge < -0.3 is 9.47 Å². The van der Waals surface area contributed by atoms with Crippen molar-refractivity contribution in [3.8, 4) is 22.8 Å². The van der Waals surface area contributed by atoms with Crippen LogP contribution >= 0.6 is 11.3 Å². The Balaban J connectivity index is 1.96. The Morgan fingerprint density at radius 2 is 1.64 bits per heavy atom. The third-order valence-corrected chi connectivity index (χ3v) is 6.67. The van der Waals surface area contributed by atoms with Crippen molar-refractivity contribution in [2.45, 2.75) is 25.7 Å². The molecule has 3 rings (SSSR count). The molecule has 148 valence electrons. The molecule has 1 N–H and O–H groups in total. The Morgan fingerprint density at radius 3 is 2.29 bits per heavy atom. The standard InChI is InChI=1S/C20H22N2O4S2/c1-12-6-8-17(26-5)18(10-12)28(23,24)22-20-21-19(14(3)27-20)15-7-9-16(25-4)13(2)11-15/h6-11H,1-5H3,(H,21,22). The minimum Gasteiger partial charge on any atom is -0.496 e. The van der Waals surface area contributed by atoms with E-state index in [4.69, 9.17) is 9.47 Å². The molecule has 0 amide bonds. The summed E-state index contributed by atoms with van der Waals surface area (Å²) >= 11 is 1.29. The molecule has 0 fully saturated rings. The van der Waals surface area contributed by atoms with Crippen molar-refractivity contribution < 1.29 is 17.9 Å². The fraction of sp³-hybridized carbons (Fsp3) is 0.250. The van der Waals surface area contributed by atoms with E-state index in [9.17, 15) is 8.42 Å². The highest BCUT2D eigenvalue weighted by atomic mass is 32.2. The second-order valence-electron chi connectivity index (χ2n) is 6.37. The number of nitrogens with one attached hydrogen (secondary N) is 1. The van der Waals surface area contributed by atoms with Gasteiger partial charge in [-0.3, -0.25) is 4.72 Å². The summed E-state index contributed by atoms with van der Waals surface area (Å²) in [5.74, 6) is 1.08. The van der Waals surface area contributed by atoms with Crippen LogP contribution in [-0.4, -0.2) is 27.6 Å². The lowest BCUT2D eigenvalue weighted by Crippen LogP contribution is -2.14. The Morgan fingerprint density at radius 1 is 0.964 bits per heavy atom. The predicted octanol–water partition coefficient (Wildman–Crippen LogP) is 4.55. The summed E-state index contributed by atoms with van der Waals surface area (Å²) < 4.78 is 38.9. The van der Waals surface area contributed by atoms with Gasteiger partial charge in [0.05, 0.1) is 19.9 Å². The lowest BCUT2D eigenvalue weighted by Gasteiger charge is -2.10. The molecule has 0 aliphatic heterocycles. The van der Waals surface area contributed by atoms with Crippen molar-refractivity contribution in [3.05, 3.63) is 52.4 Å². The number of nitrogens with zero attached hydrogens (tertiary/aromatic N) is 1. The molecule has 0 atom stereocenters. The highest BCUT2D eigenvalue weighted by Crippen LogP contribution is 2.34. The van der Waals surface area contributed by atoms with E-state index in [-0.39, 0.29) is 10.6 Å². The number of anilines is 1. The number of aromatic nitrogens is 1. The molecule has 2 aromatic carbocycles. The second kappa shape index (κ2) is 7.81. The van der Waals surface area contributed by atoms with Crippen LogP contribution in [-0.2, 0) is 10.0 Å². The van der Waals surface area contributed by atoms with Gasteiger partial charge in [-0.1, -0.05) is 6.07 Å². The molecular formula is C20H22N2O4S2. The van der Waals surface area contributed by atoms with Gasteiger partial charge in [0.15, 0.2) is 5.13 Å². The largest absolute Gasteiger partial charge is 0.496 e. The van der Waals surface area contributed by atoms with Crippen LogP contribution in [0.3, 0.4) is 0 Å². The number of aryl methyl sites for hydroxylation is 3. The summed E-state index contributed by atoms with van der Waals surface area (Å²) in [5, 5.41) is 0.310. The van der Waals surface area contributed by atoms with Gasteiger partial charge in [0.2, 0.25) is 0 Å². The number of benzene rings is 2. The zero-order valence-electron chi connectivity index (χ0n) is 16.4. The zero-order chi connectivity index (χ0) is 20.5. The first-order chi connectivity index (χ1) is 13.2. The maximum Gasteiger partial charge on any atom is 0.267 e. The Hall–Kier alpha value is -2.58. The lowest BCUT2D eigenvalue weighted by atomic mass is 10.1. The summed E-state index contributed by atoms with van der Waals surface area (Å²) in [6, 6.07) is 10.8. The smallest absolute Gasteiger partial charge is 0.267 e. The summed E-state index contributed by atoms with van der Waals surface area (Å²) in [4.78, 5) is 5.51. The van der Waals surface area contributed by atoms with Crippen LogP contribution in [0.2, 0.25) is 0 Å². The average molecular weight is 419 g/mol. The zero-order valence-corrected chi connectivity index (χ0v) is 18.0. The average Bonchev–Trinajstić information content (AvgIpc) is 3.01. The first-order valence-corrected chi connectivity index (χ1v) is 10.8. The highest BCUT2D eigenvalue weighted by Gasteiger charge is 2.22. The number of sulfonamides is 1. The molecule has 6 nitrogen and oxygen atoms in total. The maximum absolute atomic E-state index is 12.9. The number of hydrogen-bond acceptors (Lipinski definition) is 6. The Bertz CT molecular complexity index is 1120. The molecule has 28 heavy (non-hydrogen) atoms. The van der Waals surface area contributed by atoms with E-state index in [2.05, 4.69) is 9.71 Å². The van der Waals surface area contributed by atoms with Crippen LogP contribution in [0.15, 0.2) is 41.3 Å². The summed E-state index contributed by atoms with van der Waals surface area (Å²) in [7, 11) is -0.757. The molecule has 0 bridgehead atoms. The fourth-order valence-corrected chi connectivity index (χ4v) is 5.22. The van der Waals surface area contributed by atoms with Crippen molar-refractivity contribution >= 4 is 26.5 Å². The Kier molecular flexibility index (Phi) is 5.62. The number of methoxy groups -OCH3 is 2. The number of thiazole rings is 1. The van der Waals surface area contributed by atoms with Crippen molar-refractivity contribution in [2.75, 3.05) is 18.9 Å². The Labute approximate surface area is 169 Å². The number of ether oxygens (including phenoxy) is 2. The van der Waals surface area contributed by atoms with Crippen molar-refractivity contribution in [1.29, 1.82) is 0 Å². The van der Waals surface area contributed by atoms with Crippen molar-refractivity contribution in [1.82, 2.24) is 4.98 Å². The number of rotatable bonds is 6. The molecule has 0 saturated heterocycles. The normalized spacial score (nSPS) is 11.3. The molecule has 0 unspecified atom stereocenters. The third-order valence-electron chi connectivity index (χ3n) is 4.30. The van der Waals surface area contributed by atoms with E-state index in [1.54, 1.807) is 25.3 Å². The minimum absolute atomic E-state index is 0.0877. The van der Waals surface area contributed by atoms with Gasteiger partial charge in [-0.25, -0.2) is 13.4 Å². The van der Waals surface area contributed by atoms with Crippen molar-refractivity contribution in [2.24, 2.45) is 0 Å². The molecule has 0 radical (unpaired) electrons. The van der Waals surface area contributed by atoms with Gasteiger partial charge in [-0.15, -0.1) is 11.3 Å². The van der Waals surface area contributed by atoms with Crippen molar-refractivity contribution in [3.63, 3.8) is 0 Å². The van der Waals surface area contributed by atoms with E-state index in [0.29, 0.717) is 5.13 Å². The minimum atomic E-state index is -3.83. The summed E-state index contributed by atoms with van der Waals surface area (Å²) in [6.07, 6.45) is 0. The van der Waals surface area contributed by atoms with Crippen LogP contribution in [0.25, 0.3) is 11.3 Å². The van der Waals surface area contributed by atoms with Gasteiger partial charge in [0, 0.05) is 10.4 Å². The molecule has 1 heterocycles. The van der Waals surface area contributed by atoms with E-state index >= 15 is 0 Å². The van der Waals surface area contributed by atoms with Gasteiger partial charge in [-0.2, -0.15) is 0 Å². The molecule has 1 aromatic heterocycles. The van der Waals surface area contributed by atoms with Gasteiger partial charge in [-0.05, 0) is 62.2 Å². The van der Waals surface area contributed by atoms with Crippen LogP contribution < -0.4 is 14.2 Å². The maximum atomic E-state index is 12.9. The van der Waals surface area contributed by atoms with E-state index in [1.807, 2.05) is 39.0 Å². The highest BCUT2D eigenvalue weighted by molar-refractivity contribution is 7.93. The fourth-order valence-electron chi connectivity index (χ4n) is 2.90. The van der Waals surface area contributed by atoms with E-state index in [1.165, 1.54) is 18.4 Å². The van der Waals surface area contributed by atoms with Gasteiger partial charge in [0.25, 0.3) is 10.0 Å². The van der Waals surface area contributed by atoms with Gasteiger partial charge >= 0.3 is 0 Å². The van der Waals surface area contributed by atoms with Gasteiger partial charge in [0.1, 0.15) is 16.4 Å².